The Balaban J connectivity index is 0.00000200. The zero-order valence-corrected chi connectivity index (χ0v) is 10.7. The van der Waals surface area contributed by atoms with Gasteiger partial charge in [0.1, 0.15) is 6.04 Å². The van der Waals surface area contributed by atoms with Crippen molar-refractivity contribution in [2.24, 2.45) is 5.73 Å². The van der Waals surface area contributed by atoms with E-state index in [1.165, 1.54) is 12.1 Å². The van der Waals surface area contributed by atoms with Gasteiger partial charge in [-0.1, -0.05) is 24.3 Å². The van der Waals surface area contributed by atoms with E-state index in [-0.39, 0.29) is 12.4 Å². The lowest BCUT2D eigenvalue weighted by molar-refractivity contribution is -0.291. The molecule has 0 aliphatic rings. The number of para-hydroxylation sites is 1. The average Bonchev–Trinajstić information content (AvgIpc) is 2.36. The van der Waals surface area contributed by atoms with Gasteiger partial charge in [-0.3, -0.25) is 4.98 Å². The Kier molecular flexibility index (Phi) is 4.55. The molecule has 110 valence electrons. The third-order valence-corrected chi connectivity index (χ3v) is 2.71. The van der Waals surface area contributed by atoms with Gasteiger partial charge in [-0.05, 0) is 12.1 Å². The van der Waals surface area contributed by atoms with E-state index in [2.05, 4.69) is 4.98 Å². The number of benzene rings is 1. The molecule has 2 rings (SSSR count). The van der Waals surface area contributed by atoms with E-state index >= 15 is 0 Å². The number of rotatable bonds is 2. The highest BCUT2D eigenvalue weighted by Crippen LogP contribution is 2.42. The summed E-state index contributed by atoms with van der Waals surface area (Å²) >= 11 is 0. The molecule has 2 nitrogen and oxygen atoms in total. The Morgan fingerprint density at radius 1 is 0.950 bits per heavy atom. The minimum atomic E-state index is -5.71. The predicted octanol–water partition coefficient (Wildman–Crippen LogP) is 3.85. The Morgan fingerprint density at radius 2 is 1.55 bits per heavy atom. The molecule has 1 aromatic carbocycles. The molecule has 0 bridgehead atoms. The molecule has 0 unspecified atom stereocenters. The molecule has 0 spiro atoms. The summed E-state index contributed by atoms with van der Waals surface area (Å²) in [6.45, 7) is 0. The molecular weight excluding hydrogens is 303 g/mol. The molecular formula is C12H10ClF5N2. The number of nitrogens with two attached hydrogens (primary N) is 1. The van der Waals surface area contributed by atoms with Crippen molar-refractivity contribution in [3.8, 4) is 0 Å². The van der Waals surface area contributed by atoms with Crippen LogP contribution in [0.5, 0.6) is 0 Å². The first kappa shape index (κ1) is 16.6. The first-order valence-electron chi connectivity index (χ1n) is 5.29. The van der Waals surface area contributed by atoms with Gasteiger partial charge in [-0.2, -0.15) is 22.0 Å². The zero-order valence-electron chi connectivity index (χ0n) is 9.86. The fraction of sp³-hybridized carbons (Fsp3) is 0.250. The number of hydrogen-bond acceptors (Lipinski definition) is 2. The summed E-state index contributed by atoms with van der Waals surface area (Å²) in [7, 11) is 0. The van der Waals surface area contributed by atoms with Crippen LogP contribution in [0, 0.1) is 0 Å². The number of alkyl halides is 5. The number of halogens is 6. The quantitative estimate of drug-likeness (QED) is 0.855. The second-order valence-electron chi connectivity index (χ2n) is 4.03. The van der Waals surface area contributed by atoms with Gasteiger partial charge in [0.05, 0.1) is 11.2 Å². The van der Waals surface area contributed by atoms with Gasteiger partial charge < -0.3 is 5.73 Å². The predicted molar refractivity (Wildman–Crippen MR) is 66.9 cm³/mol. The van der Waals surface area contributed by atoms with Gasteiger partial charge >= 0.3 is 12.1 Å². The molecule has 0 radical (unpaired) electrons. The lowest BCUT2D eigenvalue weighted by Crippen LogP contribution is -2.46. The average molecular weight is 313 g/mol. The molecule has 20 heavy (non-hydrogen) atoms. The van der Waals surface area contributed by atoms with Crippen LogP contribution < -0.4 is 5.73 Å². The van der Waals surface area contributed by atoms with Gasteiger partial charge in [-0.25, -0.2) is 0 Å². The lowest BCUT2D eigenvalue weighted by atomic mass is 10.1. The molecule has 1 atom stereocenters. The molecule has 0 amide bonds. The molecule has 0 saturated carbocycles. The van der Waals surface area contributed by atoms with Crippen LogP contribution in [0.15, 0.2) is 36.4 Å². The van der Waals surface area contributed by atoms with E-state index < -0.39 is 23.8 Å². The Labute approximate surface area is 117 Å². The van der Waals surface area contributed by atoms with Crippen molar-refractivity contribution in [2.45, 2.75) is 18.1 Å². The van der Waals surface area contributed by atoms with Crippen molar-refractivity contribution in [3.05, 3.63) is 42.1 Å². The van der Waals surface area contributed by atoms with E-state index in [0.29, 0.717) is 10.9 Å². The molecule has 1 heterocycles. The van der Waals surface area contributed by atoms with Crippen LogP contribution in [0.25, 0.3) is 10.9 Å². The maximum Gasteiger partial charge on any atom is 0.455 e. The molecule has 2 N–H and O–H groups in total. The Hall–Kier alpha value is -1.47. The van der Waals surface area contributed by atoms with Crippen molar-refractivity contribution >= 4 is 23.3 Å². The Morgan fingerprint density at radius 3 is 2.15 bits per heavy atom. The molecule has 0 saturated heterocycles. The van der Waals surface area contributed by atoms with Crippen LogP contribution >= 0.6 is 12.4 Å². The van der Waals surface area contributed by atoms with Crippen LogP contribution in [-0.2, 0) is 0 Å². The molecule has 2 aromatic rings. The minimum Gasteiger partial charge on any atom is -0.317 e. The molecule has 8 heteroatoms. The first-order chi connectivity index (χ1) is 8.73. The summed E-state index contributed by atoms with van der Waals surface area (Å²) in [5, 5.41) is 0.633. The van der Waals surface area contributed by atoms with Crippen molar-refractivity contribution in [3.63, 3.8) is 0 Å². The SMILES string of the molecule is Cl.N[C@H](c1ccc2ccccc2n1)C(F)(F)C(F)(F)F. The van der Waals surface area contributed by atoms with Crippen molar-refractivity contribution in [1.29, 1.82) is 0 Å². The maximum atomic E-state index is 13.1. The topological polar surface area (TPSA) is 38.9 Å². The molecule has 0 aliphatic carbocycles. The largest absolute Gasteiger partial charge is 0.455 e. The summed E-state index contributed by atoms with van der Waals surface area (Å²) in [4.78, 5) is 3.75. The van der Waals surface area contributed by atoms with Gasteiger partial charge in [0.2, 0.25) is 0 Å². The smallest absolute Gasteiger partial charge is 0.317 e. The van der Waals surface area contributed by atoms with Crippen LogP contribution in [-0.4, -0.2) is 17.1 Å². The third-order valence-electron chi connectivity index (χ3n) is 2.71. The van der Waals surface area contributed by atoms with Crippen LogP contribution in [0.1, 0.15) is 11.7 Å². The number of aromatic nitrogens is 1. The summed E-state index contributed by atoms with van der Waals surface area (Å²) in [6, 6.07) is 6.44. The minimum absolute atomic E-state index is 0. The van der Waals surface area contributed by atoms with Crippen LogP contribution in [0.2, 0.25) is 0 Å². The van der Waals surface area contributed by atoms with Crippen molar-refractivity contribution < 1.29 is 22.0 Å². The Bertz CT molecular complexity index is 600. The normalized spacial score (nSPS) is 13.9. The maximum absolute atomic E-state index is 13.1. The highest BCUT2D eigenvalue weighted by molar-refractivity contribution is 5.85. The van der Waals surface area contributed by atoms with Gasteiger partial charge in [0.15, 0.2) is 0 Å². The number of pyridine rings is 1. The van der Waals surface area contributed by atoms with E-state index in [0.717, 1.165) is 6.07 Å². The first-order valence-corrected chi connectivity index (χ1v) is 5.29. The molecule has 1 aromatic heterocycles. The second-order valence-corrected chi connectivity index (χ2v) is 4.03. The summed E-state index contributed by atoms with van der Waals surface area (Å²) < 4.78 is 62.9. The van der Waals surface area contributed by atoms with E-state index in [4.69, 9.17) is 5.73 Å². The highest BCUT2D eigenvalue weighted by atomic mass is 35.5. The monoisotopic (exact) mass is 312 g/mol. The molecule has 0 fully saturated rings. The van der Waals surface area contributed by atoms with Gasteiger partial charge in [0.25, 0.3) is 0 Å². The van der Waals surface area contributed by atoms with Crippen LogP contribution in [0.3, 0.4) is 0 Å². The number of fused-ring (bicyclic) bond motifs is 1. The molecule has 0 aliphatic heterocycles. The fourth-order valence-corrected chi connectivity index (χ4v) is 1.62. The van der Waals surface area contributed by atoms with Crippen molar-refractivity contribution in [1.82, 2.24) is 4.98 Å². The van der Waals surface area contributed by atoms with E-state index in [1.807, 2.05) is 0 Å². The zero-order chi connectivity index (χ0) is 14.3. The number of nitrogens with zero attached hydrogens (tertiary/aromatic N) is 1. The lowest BCUT2D eigenvalue weighted by Gasteiger charge is -2.25. The fourth-order valence-electron chi connectivity index (χ4n) is 1.62. The van der Waals surface area contributed by atoms with Crippen molar-refractivity contribution in [2.75, 3.05) is 0 Å². The standard InChI is InChI=1S/C12H9F5N2.ClH/c13-11(14,12(15,16)17)10(18)9-6-5-7-3-1-2-4-8(7)19-9;/h1-6,10H,18H2;1H/t10-;/m1./s1. The highest BCUT2D eigenvalue weighted by Gasteiger charge is 2.62. The number of hydrogen-bond donors (Lipinski definition) is 1. The van der Waals surface area contributed by atoms with Gasteiger partial charge in [0, 0.05) is 5.39 Å². The van der Waals surface area contributed by atoms with E-state index in [1.54, 1.807) is 18.2 Å². The summed E-state index contributed by atoms with van der Waals surface area (Å²) in [5.74, 6) is -5.03. The third kappa shape index (κ3) is 2.83. The second kappa shape index (κ2) is 5.49. The summed E-state index contributed by atoms with van der Waals surface area (Å²) in [5.41, 5.74) is 4.83. The summed E-state index contributed by atoms with van der Waals surface area (Å²) in [6.07, 6.45) is -5.71. The van der Waals surface area contributed by atoms with Gasteiger partial charge in [-0.15, -0.1) is 12.4 Å². The van der Waals surface area contributed by atoms with E-state index in [9.17, 15) is 22.0 Å². The van der Waals surface area contributed by atoms with Crippen LogP contribution in [0.4, 0.5) is 22.0 Å².